The largest absolute Gasteiger partial charge is 0.378 e. The second-order valence-corrected chi connectivity index (χ2v) is 4.96. The molecule has 1 N–H and O–H groups in total. The van der Waals surface area contributed by atoms with E-state index in [1.807, 2.05) is 39.2 Å². The lowest BCUT2D eigenvalue weighted by atomic mass is 10.1. The molecule has 0 heterocycles. The van der Waals surface area contributed by atoms with Gasteiger partial charge in [-0.2, -0.15) is 5.10 Å². The van der Waals surface area contributed by atoms with Gasteiger partial charge in [-0.15, -0.1) is 0 Å². The molecule has 2 rings (SSSR count). The molecule has 0 atom stereocenters. The highest BCUT2D eigenvalue weighted by Gasteiger charge is 1.97. The van der Waals surface area contributed by atoms with Crippen LogP contribution in [0.25, 0.3) is 0 Å². The van der Waals surface area contributed by atoms with Crippen LogP contribution in [0, 0.1) is 0 Å². The molecular formula is C17H21N3. The van der Waals surface area contributed by atoms with Crippen LogP contribution in [0.2, 0.25) is 0 Å². The van der Waals surface area contributed by atoms with E-state index in [1.165, 1.54) is 11.3 Å². The van der Waals surface area contributed by atoms with Crippen molar-refractivity contribution < 1.29 is 0 Å². The summed E-state index contributed by atoms with van der Waals surface area (Å²) in [6.45, 7) is 2.75. The first-order chi connectivity index (χ1) is 9.66. The lowest BCUT2D eigenvalue weighted by Gasteiger charge is -2.12. The molecule has 0 amide bonds. The summed E-state index contributed by atoms with van der Waals surface area (Å²) >= 11 is 0. The summed E-state index contributed by atoms with van der Waals surface area (Å²) in [5, 5.41) is 4.40. The van der Waals surface area contributed by atoms with Crippen molar-refractivity contribution in [1.82, 2.24) is 5.43 Å². The van der Waals surface area contributed by atoms with E-state index >= 15 is 0 Å². The maximum Gasteiger partial charge on any atom is 0.0644 e. The topological polar surface area (TPSA) is 27.6 Å². The van der Waals surface area contributed by atoms with Gasteiger partial charge >= 0.3 is 0 Å². The van der Waals surface area contributed by atoms with Crippen LogP contribution >= 0.6 is 0 Å². The number of benzene rings is 2. The molecule has 0 saturated carbocycles. The lowest BCUT2D eigenvalue weighted by molar-refractivity contribution is 0.744. The number of nitrogens with zero attached hydrogens (tertiary/aromatic N) is 2. The molecule has 0 aliphatic carbocycles. The monoisotopic (exact) mass is 267 g/mol. The van der Waals surface area contributed by atoms with E-state index in [0.717, 1.165) is 17.8 Å². The van der Waals surface area contributed by atoms with E-state index in [2.05, 4.69) is 51.8 Å². The first kappa shape index (κ1) is 14.1. The van der Waals surface area contributed by atoms with Crippen molar-refractivity contribution in [2.45, 2.75) is 13.5 Å². The molecule has 0 bridgehead atoms. The molecule has 0 aromatic heterocycles. The van der Waals surface area contributed by atoms with Gasteiger partial charge in [0, 0.05) is 19.8 Å². The molecule has 104 valence electrons. The van der Waals surface area contributed by atoms with Crippen LogP contribution in [0.4, 0.5) is 5.69 Å². The first-order valence-electron chi connectivity index (χ1n) is 6.75. The second kappa shape index (κ2) is 6.75. The van der Waals surface area contributed by atoms with Gasteiger partial charge < -0.3 is 10.3 Å². The third-order valence-corrected chi connectivity index (χ3v) is 3.17. The zero-order valence-electron chi connectivity index (χ0n) is 12.3. The maximum atomic E-state index is 4.40. The minimum atomic E-state index is 0.734. The molecule has 20 heavy (non-hydrogen) atoms. The van der Waals surface area contributed by atoms with Gasteiger partial charge in [0.15, 0.2) is 0 Å². The van der Waals surface area contributed by atoms with Crippen LogP contribution in [0.3, 0.4) is 0 Å². The fraction of sp³-hybridized carbons (Fsp3) is 0.235. The Kier molecular flexibility index (Phi) is 4.77. The van der Waals surface area contributed by atoms with Gasteiger partial charge in [0.2, 0.25) is 0 Å². The molecule has 0 fully saturated rings. The SMILES string of the molecule is CC(=NNCc1ccc(N(C)C)cc1)c1ccccc1. The number of anilines is 1. The van der Waals surface area contributed by atoms with Crippen molar-refractivity contribution in [3.8, 4) is 0 Å². The zero-order valence-corrected chi connectivity index (χ0v) is 12.3. The number of hydrogen-bond donors (Lipinski definition) is 1. The highest BCUT2D eigenvalue weighted by atomic mass is 15.3. The number of hydrogen-bond acceptors (Lipinski definition) is 3. The summed E-state index contributed by atoms with van der Waals surface area (Å²) in [4.78, 5) is 2.09. The predicted octanol–water partition coefficient (Wildman–Crippen LogP) is 3.27. The van der Waals surface area contributed by atoms with Crippen LogP contribution in [-0.2, 0) is 6.54 Å². The molecule has 0 aliphatic heterocycles. The number of hydrazone groups is 1. The van der Waals surface area contributed by atoms with E-state index in [9.17, 15) is 0 Å². The summed E-state index contributed by atoms with van der Waals surface area (Å²) in [7, 11) is 4.08. The first-order valence-corrected chi connectivity index (χ1v) is 6.75. The summed E-state index contributed by atoms with van der Waals surface area (Å²) in [6.07, 6.45) is 0. The third-order valence-electron chi connectivity index (χ3n) is 3.17. The van der Waals surface area contributed by atoms with Crippen LogP contribution < -0.4 is 10.3 Å². The average molecular weight is 267 g/mol. The summed E-state index contributed by atoms with van der Waals surface area (Å²) in [6, 6.07) is 18.7. The fourth-order valence-electron chi connectivity index (χ4n) is 1.91. The van der Waals surface area contributed by atoms with Crippen molar-refractivity contribution in [1.29, 1.82) is 0 Å². The van der Waals surface area contributed by atoms with Gasteiger partial charge in [0.25, 0.3) is 0 Å². The quantitative estimate of drug-likeness (QED) is 0.665. The summed E-state index contributed by atoms with van der Waals surface area (Å²) < 4.78 is 0. The van der Waals surface area contributed by atoms with Gasteiger partial charge in [-0.3, -0.25) is 0 Å². The Morgan fingerprint density at radius 2 is 1.65 bits per heavy atom. The lowest BCUT2D eigenvalue weighted by Crippen LogP contribution is -2.10. The molecule has 0 radical (unpaired) electrons. The van der Waals surface area contributed by atoms with Crippen molar-refractivity contribution in [3.63, 3.8) is 0 Å². The Bertz CT molecular complexity index is 557. The summed E-state index contributed by atoms with van der Waals surface area (Å²) in [5.74, 6) is 0. The van der Waals surface area contributed by atoms with Gasteiger partial charge in [-0.25, -0.2) is 0 Å². The normalized spacial score (nSPS) is 11.2. The molecular weight excluding hydrogens is 246 g/mol. The second-order valence-electron chi connectivity index (χ2n) is 4.96. The van der Waals surface area contributed by atoms with Crippen LogP contribution in [0.5, 0.6) is 0 Å². The van der Waals surface area contributed by atoms with Crippen molar-refractivity contribution in [2.75, 3.05) is 19.0 Å². The van der Waals surface area contributed by atoms with E-state index in [4.69, 9.17) is 0 Å². The minimum absolute atomic E-state index is 0.734. The van der Waals surface area contributed by atoms with Crippen molar-refractivity contribution >= 4 is 11.4 Å². The molecule has 3 heteroatoms. The summed E-state index contributed by atoms with van der Waals surface area (Å²) in [5.41, 5.74) is 7.69. The van der Waals surface area contributed by atoms with Gasteiger partial charge in [-0.1, -0.05) is 42.5 Å². The minimum Gasteiger partial charge on any atom is -0.378 e. The molecule has 2 aromatic rings. The molecule has 0 unspecified atom stereocenters. The standard InChI is InChI=1S/C17H21N3/c1-14(16-7-5-4-6-8-16)19-18-13-15-9-11-17(12-10-15)20(2)3/h4-12,18H,13H2,1-3H3. The Hall–Kier alpha value is -2.29. The Morgan fingerprint density at radius 1 is 1.00 bits per heavy atom. The zero-order chi connectivity index (χ0) is 14.4. The Morgan fingerprint density at radius 3 is 2.25 bits per heavy atom. The molecule has 3 nitrogen and oxygen atoms in total. The van der Waals surface area contributed by atoms with Crippen LogP contribution in [0.15, 0.2) is 59.7 Å². The van der Waals surface area contributed by atoms with E-state index < -0.39 is 0 Å². The Balaban J connectivity index is 1.92. The highest BCUT2D eigenvalue weighted by molar-refractivity contribution is 5.98. The van der Waals surface area contributed by atoms with Crippen molar-refractivity contribution in [3.05, 3.63) is 65.7 Å². The average Bonchev–Trinajstić information content (AvgIpc) is 2.48. The molecule has 0 aliphatic rings. The van der Waals surface area contributed by atoms with Gasteiger partial charge in [0.1, 0.15) is 0 Å². The highest BCUT2D eigenvalue weighted by Crippen LogP contribution is 2.12. The third kappa shape index (κ3) is 3.85. The molecule has 0 saturated heterocycles. The van der Waals surface area contributed by atoms with Gasteiger partial charge in [-0.05, 0) is 30.2 Å². The fourth-order valence-corrected chi connectivity index (χ4v) is 1.91. The molecule has 0 spiro atoms. The number of nitrogens with one attached hydrogen (secondary N) is 1. The van der Waals surface area contributed by atoms with Crippen LogP contribution in [-0.4, -0.2) is 19.8 Å². The maximum absolute atomic E-state index is 4.40. The smallest absolute Gasteiger partial charge is 0.0644 e. The van der Waals surface area contributed by atoms with E-state index in [-0.39, 0.29) is 0 Å². The van der Waals surface area contributed by atoms with E-state index in [1.54, 1.807) is 0 Å². The predicted molar refractivity (Wildman–Crippen MR) is 86.3 cm³/mol. The van der Waals surface area contributed by atoms with E-state index in [0.29, 0.717) is 0 Å². The Labute approximate surface area is 120 Å². The van der Waals surface area contributed by atoms with Crippen molar-refractivity contribution in [2.24, 2.45) is 5.10 Å². The number of rotatable bonds is 5. The molecule has 2 aromatic carbocycles. The van der Waals surface area contributed by atoms with Gasteiger partial charge in [0.05, 0.1) is 12.3 Å². The van der Waals surface area contributed by atoms with Crippen LogP contribution in [0.1, 0.15) is 18.1 Å².